The minimum atomic E-state index is -1.08. The van der Waals surface area contributed by atoms with Crippen molar-refractivity contribution in [3.63, 3.8) is 0 Å². The standard InChI is InChI=1S/C34H32N2O5/c37-32-31(36-34(40)41-20-29-27-14-5-3-12-25(27)26-13-4-6-15-28(26)29)24(11-7-8-16-30(35-32)33(38)39)23-18-17-21-9-1-2-10-22(21)19-23/h1-6,9-10,12-15,17-19,24,29-31H,7-8,11,16,20H2,(H,35,37)(H,36,40)(H,38,39). The van der Waals surface area contributed by atoms with Crippen LogP contribution in [0.5, 0.6) is 0 Å². The number of hydrogen-bond donors (Lipinski definition) is 3. The van der Waals surface area contributed by atoms with Gasteiger partial charge >= 0.3 is 12.1 Å². The summed E-state index contributed by atoms with van der Waals surface area (Å²) in [4.78, 5) is 38.7. The summed E-state index contributed by atoms with van der Waals surface area (Å²) in [5.74, 6) is -2.07. The smallest absolute Gasteiger partial charge is 0.407 e. The van der Waals surface area contributed by atoms with Gasteiger partial charge in [0.05, 0.1) is 0 Å². The summed E-state index contributed by atoms with van der Waals surface area (Å²) in [7, 11) is 0. The Morgan fingerprint density at radius 3 is 2.17 bits per heavy atom. The molecule has 0 aromatic heterocycles. The van der Waals surface area contributed by atoms with E-state index in [0.29, 0.717) is 19.3 Å². The van der Waals surface area contributed by atoms with Crippen LogP contribution >= 0.6 is 0 Å². The maximum absolute atomic E-state index is 13.6. The van der Waals surface area contributed by atoms with E-state index in [1.807, 2.05) is 66.7 Å². The molecular formula is C34H32N2O5. The molecule has 7 heteroatoms. The van der Waals surface area contributed by atoms with E-state index in [1.54, 1.807) is 0 Å². The van der Waals surface area contributed by atoms with Gasteiger partial charge in [-0.15, -0.1) is 0 Å². The third kappa shape index (κ3) is 5.40. The Morgan fingerprint density at radius 2 is 1.46 bits per heavy atom. The highest BCUT2D eigenvalue weighted by Gasteiger charge is 2.36. The molecule has 1 saturated heterocycles. The third-order valence-corrected chi connectivity index (χ3v) is 8.38. The van der Waals surface area contributed by atoms with Crippen molar-refractivity contribution in [2.75, 3.05) is 6.61 Å². The monoisotopic (exact) mass is 548 g/mol. The fraction of sp³-hybridized carbons (Fsp3) is 0.265. The number of benzene rings is 4. The summed E-state index contributed by atoms with van der Waals surface area (Å²) < 4.78 is 5.78. The molecule has 1 aliphatic heterocycles. The van der Waals surface area contributed by atoms with Gasteiger partial charge in [-0.1, -0.05) is 104 Å². The van der Waals surface area contributed by atoms with E-state index in [-0.39, 0.29) is 18.4 Å². The van der Waals surface area contributed by atoms with Crippen LogP contribution in [0.2, 0.25) is 0 Å². The summed E-state index contributed by atoms with van der Waals surface area (Å²) in [5.41, 5.74) is 5.37. The van der Waals surface area contributed by atoms with E-state index in [4.69, 9.17) is 4.74 Å². The quantitative estimate of drug-likeness (QED) is 0.285. The number of aliphatic carboxylic acids is 1. The van der Waals surface area contributed by atoms with E-state index in [1.165, 1.54) is 0 Å². The first-order valence-electron chi connectivity index (χ1n) is 14.1. The van der Waals surface area contributed by atoms with Gasteiger partial charge in [0.1, 0.15) is 18.7 Å². The fourth-order valence-corrected chi connectivity index (χ4v) is 6.31. The van der Waals surface area contributed by atoms with Gasteiger partial charge < -0.3 is 20.5 Å². The number of alkyl carbamates (subject to hydrolysis) is 1. The summed E-state index contributed by atoms with van der Waals surface area (Å²) in [6.07, 6.45) is 1.62. The maximum atomic E-state index is 13.6. The molecular weight excluding hydrogens is 516 g/mol. The van der Waals surface area contributed by atoms with Crippen LogP contribution < -0.4 is 10.6 Å². The van der Waals surface area contributed by atoms with Gasteiger partial charge in [-0.25, -0.2) is 9.59 Å². The number of amides is 2. The fourth-order valence-electron chi connectivity index (χ4n) is 6.31. The molecule has 6 rings (SSSR count). The molecule has 7 nitrogen and oxygen atoms in total. The molecule has 1 aliphatic carbocycles. The Morgan fingerprint density at radius 1 is 0.829 bits per heavy atom. The lowest BCUT2D eigenvalue weighted by Crippen LogP contribution is -2.53. The first kappa shape index (κ1) is 26.6. The van der Waals surface area contributed by atoms with Crippen molar-refractivity contribution in [1.82, 2.24) is 10.6 Å². The average molecular weight is 549 g/mol. The number of carboxylic acids is 1. The number of fused-ring (bicyclic) bond motifs is 4. The summed E-state index contributed by atoms with van der Waals surface area (Å²) in [5, 5.41) is 17.3. The number of carbonyl (C=O) groups excluding carboxylic acids is 2. The third-order valence-electron chi connectivity index (χ3n) is 8.38. The molecule has 41 heavy (non-hydrogen) atoms. The molecule has 1 fully saturated rings. The van der Waals surface area contributed by atoms with Gasteiger partial charge in [0, 0.05) is 11.8 Å². The predicted octanol–water partition coefficient (Wildman–Crippen LogP) is 5.97. The minimum Gasteiger partial charge on any atom is -0.480 e. The largest absolute Gasteiger partial charge is 0.480 e. The van der Waals surface area contributed by atoms with Crippen LogP contribution in [0.4, 0.5) is 4.79 Å². The lowest BCUT2D eigenvalue weighted by molar-refractivity contribution is -0.142. The lowest BCUT2D eigenvalue weighted by atomic mass is 9.85. The van der Waals surface area contributed by atoms with Crippen molar-refractivity contribution in [2.24, 2.45) is 0 Å². The van der Waals surface area contributed by atoms with E-state index < -0.39 is 30.1 Å². The number of nitrogens with one attached hydrogen (secondary N) is 2. The molecule has 0 saturated carbocycles. The first-order valence-corrected chi connectivity index (χ1v) is 14.1. The molecule has 0 spiro atoms. The van der Waals surface area contributed by atoms with Crippen molar-refractivity contribution in [2.45, 2.75) is 49.6 Å². The van der Waals surface area contributed by atoms with Crippen molar-refractivity contribution in [3.05, 3.63) is 108 Å². The summed E-state index contributed by atoms with van der Waals surface area (Å²) in [6, 6.07) is 28.2. The van der Waals surface area contributed by atoms with Gasteiger partial charge in [-0.05, 0) is 51.4 Å². The predicted molar refractivity (Wildman–Crippen MR) is 157 cm³/mol. The number of hydrogen-bond acceptors (Lipinski definition) is 4. The summed E-state index contributed by atoms with van der Waals surface area (Å²) in [6.45, 7) is 0.118. The molecule has 2 aliphatic rings. The molecule has 3 atom stereocenters. The molecule has 3 unspecified atom stereocenters. The van der Waals surface area contributed by atoms with Crippen molar-refractivity contribution in [1.29, 1.82) is 0 Å². The van der Waals surface area contributed by atoms with Crippen LogP contribution in [0.1, 0.15) is 54.2 Å². The second-order valence-corrected chi connectivity index (χ2v) is 10.8. The molecule has 4 aromatic rings. The lowest BCUT2D eigenvalue weighted by Gasteiger charge is -2.28. The molecule has 2 amide bonds. The average Bonchev–Trinajstić information content (AvgIpc) is 3.34. The van der Waals surface area contributed by atoms with Crippen LogP contribution in [0.25, 0.3) is 21.9 Å². The summed E-state index contributed by atoms with van der Waals surface area (Å²) >= 11 is 0. The van der Waals surface area contributed by atoms with Gasteiger partial charge in [0.25, 0.3) is 0 Å². The second kappa shape index (κ2) is 11.5. The zero-order chi connectivity index (χ0) is 28.3. The highest BCUT2D eigenvalue weighted by molar-refractivity contribution is 5.91. The topological polar surface area (TPSA) is 105 Å². The van der Waals surface area contributed by atoms with Crippen LogP contribution in [-0.4, -0.2) is 41.8 Å². The van der Waals surface area contributed by atoms with Gasteiger partial charge in [0.2, 0.25) is 5.91 Å². The normalized spacial score (nSPS) is 20.6. The number of rotatable bonds is 5. The van der Waals surface area contributed by atoms with Crippen molar-refractivity contribution in [3.8, 4) is 11.1 Å². The Labute approximate surface area is 238 Å². The molecule has 0 radical (unpaired) electrons. The number of ether oxygens (including phenoxy) is 1. The van der Waals surface area contributed by atoms with Crippen molar-refractivity contribution >= 4 is 28.7 Å². The van der Waals surface area contributed by atoms with Gasteiger partial charge in [0.15, 0.2) is 0 Å². The van der Waals surface area contributed by atoms with E-state index >= 15 is 0 Å². The maximum Gasteiger partial charge on any atom is 0.407 e. The van der Waals surface area contributed by atoms with E-state index in [0.717, 1.165) is 45.0 Å². The zero-order valence-corrected chi connectivity index (χ0v) is 22.6. The molecule has 1 heterocycles. The molecule has 0 bridgehead atoms. The Hall–Kier alpha value is -4.65. The van der Waals surface area contributed by atoms with E-state index in [9.17, 15) is 19.5 Å². The zero-order valence-electron chi connectivity index (χ0n) is 22.6. The van der Waals surface area contributed by atoms with E-state index in [2.05, 4.69) is 34.9 Å². The first-order chi connectivity index (χ1) is 20.0. The molecule has 3 N–H and O–H groups in total. The Kier molecular flexibility index (Phi) is 7.42. The Bertz CT molecular complexity index is 1570. The highest BCUT2D eigenvalue weighted by atomic mass is 16.5. The molecule has 4 aromatic carbocycles. The van der Waals surface area contributed by atoms with Crippen LogP contribution in [0.3, 0.4) is 0 Å². The van der Waals surface area contributed by atoms with Gasteiger partial charge in [-0.2, -0.15) is 0 Å². The number of carbonyl (C=O) groups is 3. The van der Waals surface area contributed by atoms with Crippen LogP contribution in [0, 0.1) is 0 Å². The SMILES string of the molecule is O=C(NC1C(=O)NC(C(=O)O)CCCCC1c1ccc2ccccc2c1)OCC1c2ccccc2-c2ccccc21. The Balaban J connectivity index is 1.26. The molecule has 208 valence electrons. The second-order valence-electron chi connectivity index (χ2n) is 10.8. The van der Waals surface area contributed by atoms with Crippen LogP contribution in [0.15, 0.2) is 91.0 Å². The number of carboxylic acid groups (broad SMARTS) is 1. The highest BCUT2D eigenvalue weighted by Crippen LogP contribution is 2.44. The van der Waals surface area contributed by atoms with Gasteiger partial charge in [-0.3, -0.25) is 4.79 Å². The van der Waals surface area contributed by atoms with Crippen molar-refractivity contribution < 1.29 is 24.2 Å². The minimum absolute atomic E-state index is 0.116. The van der Waals surface area contributed by atoms with Crippen LogP contribution in [-0.2, 0) is 14.3 Å².